The van der Waals surface area contributed by atoms with Crippen molar-refractivity contribution in [3.63, 3.8) is 0 Å². The number of nitrogens with one attached hydrogen (secondary N) is 1. The van der Waals surface area contributed by atoms with Gasteiger partial charge in [0.05, 0.1) is 37.6 Å². The third kappa shape index (κ3) is 6.06. The molecule has 12 heteroatoms. The van der Waals surface area contributed by atoms with Crippen molar-refractivity contribution in [1.82, 2.24) is 29.7 Å². The van der Waals surface area contributed by atoms with Gasteiger partial charge in [-0.3, -0.25) is 9.59 Å². The molecule has 5 rings (SSSR count). The van der Waals surface area contributed by atoms with E-state index in [1.54, 1.807) is 6.92 Å². The summed E-state index contributed by atoms with van der Waals surface area (Å²) in [5.74, 6) is -2.18. The van der Waals surface area contributed by atoms with E-state index < -0.39 is 23.0 Å². The van der Waals surface area contributed by atoms with E-state index in [4.69, 9.17) is 14.5 Å². The maximum Gasteiger partial charge on any atom is 0.311 e. The molecule has 0 unspecified atom stereocenters. The van der Waals surface area contributed by atoms with Gasteiger partial charge in [0.2, 0.25) is 0 Å². The van der Waals surface area contributed by atoms with E-state index in [-0.39, 0.29) is 36.1 Å². The number of benzene rings is 1. The number of ether oxygens (including phenoxy) is 2. The topological polar surface area (TPSA) is 113 Å². The molecule has 0 radical (unpaired) electrons. The number of hydrogen-bond donors (Lipinski definition) is 1. The SMILES string of the molecule is CCOC(=O)C(C)(C)Cc1cc(C2CC2)cn2cc(Cn3cc(C(=O)NCc4c(F)ccc(OC)c4F)nn3)nc12. The highest BCUT2D eigenvalue weighted by atomic mass is 19.1. The van der Waals surface area contributed by atoms with Crippen LogP contribution in [0.3, 0.4) is 0 Å². The zero-order valence-corrected chi connectivity index (χ0v) is 23.4. The van der Waals surface area contributed by atoms with Crippen LogP contribution in [0.5, 0.6) is 5.75 Å². The fourth-order valence-corrected chi connectivity index (χ4v) is 4.77. The summed E-state index contributed by atoms with van der Waals surface area (Å²) >= 11 is 0. The van der Waals surface area contributed by atoms with Crippen molar-refractivity contribution in [2.24, 2.45) is 5.41 Å². The van der Waals surface area contributed by atoms with Crippen LogP contribution in [0.4, 0.5) is 8.78 Å². The van der Waals surface area contributed by atoms with Gasteiger partial charge in [-0.25, -0.2) is 18.4 Å². The lowest BCUT2D eigenvalue weighted by atomic mass is 9.85. The Morgan fingerprint density at radius 3 is 2.66 bits per heavy atom. The standard InChI is InChI=1S/C29H32F2N6O4/c1-5-41-28(39)29(2,3)11-18-10-19(17-6-7-17)13-36-14-20(33-26(18)36)15-37-16-23(34-35-37)27(38)32-12-21-22(30)8-9-24(40-4)25(21)31/h8-10,13-14,16-17H,5-7,11-12,15H2,1-4H3,(H,32,38). The molecular formula is C29H32F2N6O4. The number of hydrogen-bond acceptors (Lipinski definition) is 7. The fourth-order valence-electron chi connectivity index (χ4n) is 4.77. The van der Waals surface area contributed by atoms with Crippen molar-refractivity contribution in [2.45, 2.75) is 59.0 Å². The van der Waals surface area contributed by atoms with Crippen molar-refractivity contribution < 1.29 is 27.8 Å². The number of rotatable bonds is 11. The van der Waals surface area contributed by atoms with E-state index in [1.807, 2.05) is 24.4 Å². The van der Waals surface area contributed by atoms with Gasteiger partial charge in [0, 0.05) is 24.5 Å². The first-order chi connectivity index (χ1) is 19.6. The van der Waals surface area contributed by atoms with Gasteiger partial charge in [-0.05, 0) is 69.2 Å². The normalized spacial score (nSPS) is 13.4. The van der Waals surface area contributed by atoms with E-state index in [1.165, 1.54) is 29.6 Å². The average Bonchev–Trinajstić information content (AvgIpc) is 3.54. The molecule has 1 saturated carbocycles. The van der Waals surface area contributed by atoms with Crippen molar-refractivity contribution in [3.05, 3.63) is 76.5 Å². The van der Waals surface area contributed by atoms with Crippen LogP contribution in [0.1, 0.15) is 72.4 Å². The Balaban J connectivity index is 1.32. The summed E-state index contributed by atoms with van der Waals surface area (Å²) in [5.41, 5.74) is 2.53. The molecule has 1 amide bonds. The van der Waals surface area contributed by atoms with Crippen molar-refractivity contribution in [1.29, 1.82) is 0 Å². The van der Waals surface area contributed by atoms with E-state index in [9.17, 15) is 18.4 Å². The molecule has 1 N–H and O–H groups in total. The minimum absolute atomic E-state index is 0.00892. The number of esters is 1. The number of fused-ring (bicyclic) bond motifs is 1. The Hall–Kier alpha value is -4.35. The van der Waals surface area contributed by atoms with Crippen LogP contribution in [-0.4, -0.2) is 50.0 Å². The molecule has 0 spiro atoms. The molecule has 1 aliphatic rings. The Kier molecular flexibility index (Phi) is 7.74. The maximum atomic E-state index is 14.4. The summed E-state index contributed by atoms with van der Waals surface area (Å²) in [6.45, 7) is 5.70. The lowest BCUT2D eigenvalue weighted by molar-refractivity contribution is -0.153. The molecule has 0 aliphatic heterocycles. The average molecular weight is 567 g/mol. The molecule has 1 fully saturated rings. The number of nitrogens with zero attached hydrogens (tertiary/aromatic N) is 5. The first-order valence-electron chi connectivity index (χ1n) is 13.5. The molecule has 4 aromatic rings. The summed E-state index contributed by atoms with van der Waals surface area (Å²) in [5, 5.41) is 10.4. The second-order valence-electron chi connectivity index (χ2n) is 10.8. The first-order valence-corrected chi connectivity index (χ1v) is 13.5. The van der Waals surface area contributed by atoms with E-state index >= 15 is 0 Å². The Bertz CT molecular complexity index is 1610. The van der Waals surface area contributed by atoms with Crippen LogP contribution in [0.15, 0.2) is 36.8 Å². The van der Waals surface area contributed by atoms with Crippen LogP contribution < -0.4 is 10.1 Å². The fraction of sp³-hybridized carbons (Fsp3) is 0.414. The number of carbonyl (C=O) groups is 2. The molecular weight excluding hydrogens is 534 g/mol. The Morgan fingerprint density at radius 1 is 1.17 bits per heavy atom. The van der Waals surface area contributed by atoms with Gasteiger partial charge < -0.3 is 19.2 Å². The maximum absolute atomic E-state index is 14.4. The number of aromatic nitrogens is 5. The summed E-state index contributed by atoms with van der Waals surface area (Å²) in [7, 11) is 1.27. The largest absolute Gasteiger partial charge is 0.494 e. The molecule has 0 bridgehead atoms. The quantitative estimate of drug-likeness (QED) is 0.271. The lowest BCUT2D eigenvalue weighted by Crippen LogP contribution is -2.29. The number of amides is 1. The highest BCUT2D eigenvalue weighted by Crippen LogP contribution is 2.41. The highest BCUT2D eigenvalue weighted by Gasteiger charge is 2.32. The first kappa shape index (κ1) is 28.2. The van der Waals surface area contributed by atoms with Crippen molar-refractivity contribution in [3.8, 4) is 5.75 Å². The second-order valence-corrected chi connectivity index (χ2v) is 10.8. The summed E-state index contributed by atoms with van der Waals surface area (Å²) < 4.78 is 42.1. The zero-order valence-electron chi connectivity index (χ0n) is 23.4. The number of imidazole rings is 1. The summed E-state index contributed by atoms with van der Waals surface area (Å²) in [4.78, 5) is 30.0. The molecule has 41 heavy (non-hydrogen) atoms. The third-order valence-electron chi connectivity index (χ3n) is 7.10. The van der Waals surface area contributed by atoms with Gasteiger partial charge in [0.1, 0.15) is 11.5 Å². The minimum atomic E-state index is -0.877. The van der Waals surface area contributed by atoms with Crippen LogP contribution in [0.2, 0.25) is 0 Å². The van der Waals surface area contributed by atoms with Gasteiger partial charge in [-0.2, -0.15) is 0 Å². The molecule has 0 saturated heterocycles. The summed E-state index contributed by atoms with van der Waals surface area (Å²) in [6.07, 6.45) is 8.15. The van der Waals surface area contributed by atoms with Gasteiger partial charge >= 0.3 is 5.97 Å². The smallest absolute Gasteiger partial charge is 0.311 e. The lowest BCUT2D eigenvalue weighted by Gasteiger charge is -2.23. The van der Waals surface area contributed by atoms with Crippen LogP contribution in [0.25, 0.3) is 5.65 Å². The van der Waals surface area contributed by atoms with Crippen LogP contribution in [-0.2, 0) is 29.0 Å². The second kappa shape index (κ2) is 11.3. The number of methoxy groups -OCH3 is 1. The predicted molar refractivity (Wildman–Crippen MR) is 144 cm³/mol. The summed E-state index contributed by atoms with van der Waals surface area (Å²) in [6, 6.07) is 4.39. The van der Waals surface area contributed by atoms with Crippen molar-refractivity contribution in [2.75, 3.05) is 13.7 Å². The van der Waals surface area contributed by atoms with E-state index in [0.717, 1.165) is 30.1 Å². The molecule has 1 aromatic carbocycles. The van der Waals surface area contributed by atoms with Gasteiger partial charge in [-0.15, -0.1) is 5.10 Å². The van der Waals surface area contributed by atoms with E-state index in [2.05, 4.69) is 27.9 Å². The molecule has 10 nitrogen and oxygen atoms in total. The van der Waals surface area contributed by atoms with Gasteiger partial charge in [-0.1, -0.05) is 11.3 Å². The van der Waals surface area contributed by atoms with Crippen LogP contribution >= 0.6 is 0 Å². The minimum Gasteiger partial charge on any atom is -0.494 e. The molecule has 0 atom stereocenters. The highest BCUT2D eigenvalue weighted by molar-refractivity contribution is 5.91. The van der Waals surface area contributed by atoms with Gasteiger partial charge in [0.25, 0.3) is 5.91 Å². The monoisotopic (exact) mass is 566 g/mol. The number of pyridine rings is 1. The zero-order chi connectivity index (χ0) is 29.3. The Morgan fingerprint density at radius 2 is 1.95 bits per heavy atom. The van der Waals surface area contributed by atoms with E-state index in [0.29, 0.717) is 24.6 Å². The molecule has 3 aromatic heterocycles. The molecule has 1 aliphatic carbocycles. The Labute approximate surface area is 235 Å². The predicted octanol–water partition coefficient (Wildman–Crippen LogP) is 4.20. The van der Waals surface area contributed by atoms with Crippen molar-refractivity contribution >= 4 is 17.5 Å². The van der Waals surface area contributed by atoms with Gasteiger partial charge in [0.15, 0.2) is 17.3 Å². The molecule has 216 valence electrons. The third-order valence-corrected chi connectivity index (χ3v) is 7.10. The number of halogens is 2. The molecule has 3 heterocycles. The van der Waals surface area contributed by atoms with Crippen LogP contribution in [0, 0.1) is 17.0 Å². The number of carbonyl (C=O) groups excluding carboxylic acids is 2.